The Bertz CT molecular complexity index is 1540. The summed E-state index contributed by atoms with van der Waals surface area (Å²) < 4.78 is 13.9. The minimum atomic E-state index is -2.74. The fourth-order valence-corrected chi connectivity index (χ4v) is 6.88. The summed E-state index contributed by atoms with van der Waals surface area (Å²) in [6.07, 6.45) is 1.00. The number of carbonyl (C=O) groups is 3. The maximum atomic E-state index is 13.9. The molecule has 1 aliphatic heterocycles. The number of hydrogen-bond acceptors (Lipinski definition) is 7. The first-order valence-electron chi connectivity index (χ1n) is 14.5. The number of carboxylic acid groups (broad SMARTS) is 3. The van der Waals surface area contributed by atoms with Gasteiger partial charge in [-0.15, -0.1) is 0 Å². The molecule has 3 atom stereocenters. The van der Waals surface area contributed by atoms with Gasteiger partial charge in [0.15, 0.2) is 5.60 Å². The number of hydrogen-bond donors (Lipinski definition) is 7. The van der Waals surface area contributed by atoms with Crippen LogP contribution in [0.4, 0.5) is 4.39 Å². The van der Waals surface area contributed by atoms with Gasteiger partial charge in [-0.1, -0.05) is 24.3 Å². The van der Waals surface area contributed by atoms with E-state index >= 15 is 0 Å². The summed E-state index contributed by atoms with van der Waals surface area (Å²) in [4.78, 5) is 36.2. The van der Waals surface area contributed by atoms with E-state index in [9.17, 15) is 23.9 Å². The summed E-state index contributed by atoms with van der Waals surface area (Å²) in [5.74, 6) is -5.16. The van der Waals surface area contributed by atoms with E-state index in [4.69, 9.17) is 20.4 Å². The molecule has 3 aromatic rings. The zero-order chi connectivity index (χ0) is 32.4. The van der Waals surface area contributed by atoms with Gasteiger partial charge in [0, 0.05) is 35.6 Å². The van der Waals surface area contributed by atoms with Crippen LogP contribution in [-0.2, 0) is 31.9 Å². The quantitative estimate of drug-likeness (QED) is 0.199. The molecule has 11 nitrogen and oxygen atoms in total. The van der Waals surface area contributed by atoms with E-state index in [1.807, 2.05) is 18.2 Å². The van der Waals surface area contributed by atoms with Gasteiger partial charge in [-0.3, -0.25) is 9.59 Å². The topological polar surface area (TPSA) is 183 Å². The first-order valence-corrected chi connectivity index (χ1v) is 14.5. The lowest BCUT2D eigenvalue weighted by molar-refractivity contribution is -0.170. The molecule has 44 heavy (non-hydrogen) atoms. The normalized spacial score (nSPS) is 23.2. The SMILES string of the molecule is Cc1ccccc1C1(O)CCC2(CC1CN(C)C)NCCc1c2[nH]c2cc(F)ccc12.O=C(O)CC(O)(CC(=O)O)C(=O)O. The Hall–Kier alpha value is -3.84. The zero-order valence-corrected chi connectivity index (χ0v) is 25.1. The van der Waals surface area contributed by atoms with Gasteiger partial charge < -0.3 is 40.7 Å². The molecule has 2 aliphatic rings. The molecular formula is C32H40FN3O8. The highest BCUT2D eigenvalue weighted by molar-refractivity contribution is 5.88. The number of aromatic nitrogens is 1. The van der Waals surface area contributed by atoms with Gasteiger partial charge in [0.05, 0.1) is 24.0 Å². The van der Waals surface area contributed by atoms with Crippen molar-refractivity contribution in [2.24, 2.45) is 5.92 Å². The van der Waals surface area contributed by atoms with Crippen LogP contribution < -0.4 is 5.32 Å². The summed E-state index contributed by atoms with van der Waals surface area (Å²) in [5.41, 5.74) is 1.73. The first-order chi connectivity index (χ1) is 20.6. The number of fused-ring (bicyclic) bond motifs is 4. The number of aliphatic carboxylic acids is 3. The third-order valence-corrected chi connectivity index (χ3v) is 8.87. The van der Waals surface area contributed by atoms with Crippen molar-refractivity contribution in [2.45, 2.75) is 62.2 Å². The predicted octanol–water partition coefficient (Wildman–Crippen LogP) is 2.96. The van der Waals surface area contributed by atoms with Crippen LogP contribution in [0.15, 0.2) is 42.5 Å². The molecule has 1 fully saturated rings. The second-order valence-electron chi connectivity index (χ2n) is 12.3. The molecule has 0 amide bonds. The van der Waals surface area contributed by atoms with Crippen molar-refractivity contribution in [3.05, 3.63) is 70.7 Å². The number of nitrogens with one attached hydrogen (secondary N) is 2. The van der Waals surface area contributed by atoms with Crippen LogP contribution in [-0.4, -0.2) is 86.1 Å². The lowest BCUT2D eigenvalue weighted by Crippen LogP contribution is -2.57. The van der Waals surface area contributed by atoms with E-state index in [1.165, 1.54) is 11.3 Å². The fraction of sp³-hybridized carbons (Fsp3) is 0.469. The second kappa shape index (κ2) is 12.6. The van der Waals surface area contributed by atoms with Crippen LogP contribution in [0, 0.1) is 18.7 Å². The molecule has 5 rings (SSSR count). The van der Waals surface area contributed by atoms with Crippen molar-refractivity contribution >= 4 is 28.8 Å². The largest absolute Gasteiger partial charge is 0.481 e. The Labute approximate surface area is 254 Å². The predicted molar refractivity (Wildman–Crippen MR) is 160 cm³/mol. The minimum absolute atomic E-state index is 0.0685. The number of rotatable bonds is 8. The Kier molecular flexibility index (Phi) is 9.50. The van der Waals surface area contributed by atoms with Crippen molar-refractivity contribution in [3.8, 4) is 0 Å². The molecular weight excluding hydrogens is 573 g/mol. The summed E-state index contributed by atoms with van der Waals surface area (Å²) in [6, 6.07) is 13.3. The average Bonchev–Trinajstić information content (AvgIpc) is 3.29. The van der Waals surface area contributed by atoms with Crippen LogP contribution in [0.3, 0.4) is 0 Å². The van der Waals surface area contributed by atoms with Gasteiger partial charge in [0.25, 0.3) is 0 Å². The number of aliphatic hydroxyl groups is 2. The van der Waals surface area contributed by atoms with E-state index in [2.05, 4.69) is 48.4 Å². The molecule has 0 radical (unpaired) electrons. The van der Waals surface area contributed by atoms with E-state index < -0.39 is 42.0 Å². The highest BCUT2D eigenvalue weighted by atomic mass is 19.1. The zero-order valence-electron chi connectivity index (χ0n) is 25.1. The third kappa shape index (κ3) is 6.63. The van der Waals surface area contributed by atoms with Gasteiger partial charge in [-0.25, -0.2) is 9.18 Å². The van der Waals surface area contributed by atoms with E-state index in [1.54, 1.807) is 12.1 Å². The van der Waals surface area contributed by atoms with Gasteiger partial charge in [-0.2, -0.15) is 0 Å². The van der Waals surface area contributed by atoms with Crippen LogP contribution in [0.25, 0.3) is 10.9 Å². The third-order valence-electron chi connectivity index (χ3n) is 8.87. The molecule has 1 aliphatic carbocycles. The number of benzene rings is 2. The standard InChI is InChI=1S/C26H32FN3O.C6H8O7/c1-17-6-4-5-7-22(17)26(31)12-11-25(15-18(26)16-30(2)3)24-21(10-13-28-25)20-9-8-19(27)14-23(20)29-24;7-3(8)1-6(13,5(11)12)2-4(9)10/h4-9,14,18,28-29,31H,10-13,15-16H2,1-3H3;13H,1-2H2,(H,7,8)(H,9,10)(H,11,12). The molecule has 238 valence electrons. The van der Waals surface area contributed by atoms with Crippen LogP contribution in [0.5, 0.6) is 0 Å². The van der Waals surface area contributed by atoms with Gasteiger partial charge >= 0.3 is 17.9 Å². The lowest BCUT2D eigenvalue weighted by atomic mass is 9.62. The Morgan fingerprint density at radius 2 is 1.70 bits per heavy atom. The van der Waals surface area contributed by atoms with Crippen molar-refractivity contribution in [2.75, 3.05) is 27.2 Å². The lowest BCUT2D eigenvalue weighted by Gasteiger charge is -2.52. The summed E-state index contributed by atoms with van der Waals surface area (Å²) in [5, 5.41) is 50.8. The second-order valence-corrected chi connectivity index (χ2v) is 12.3. The van der Waals surface area contributed by atoms with E-state index in [-0.39, 0.29) is 17.3 Å². The number of carboxylic acids is 3. The Morgan fingerprint density at radius 1 is 1.05 bits per heavy atom. The molecule has 1 saturated carbocycles. The number of nitrogens with zero attached hydrogens (tertiary/aromatic N) is 1. The fourth-order valence-electron chi connectivity index (χ4n) is 6.88. The number of H-pyrrole nitrogens is 1. The van der Waals surface area contributed by atoms with E-state index in [0.29, 0.717) is 6.42 Å². The molecule has 12 heteroatoms. The van der Waals surface area contributed by atoms with Crippen LogP contribution >= 0.6 is 0 Å². The number of halogens is 1. The number of aromatic amines is 1. The Morgan fingerprint density at radius 3 is 2.30 bits per heavy atom. The molecule has 3 unspecified atom stereocenters. The first kappa shape index (κ1) is 33.1. The molecule has 0 bridgehead atoms. The van der Waals surface area contributed by atoms with Crippen molar-refractivity contribution in [3.63, 3.8) is 0 Å². The molecule has 1 aromatic heterocycles. The Balaban J connectivity index is 0.000000289. The maximum absolute atomic E-state index is 13.9. The monoisotopic (exact) mass is 613 g/mol. The van der Waals surface area contributed by atoms with Gasteiger partial charge in [-0.05, 0) is 81.6 Å². The molecule has 2 heterocycles. The maximum Gasteiger partial charge on any atom is 0.336 e. The molecule has 1 spiro atoms. The molecule has 2 aromatic carbocycles. The van der Waals surface area contributed by atoms with Crippen molar-refractivity contribution < 1.29 is 44.3 Å². The molecule has 7 N–H and O–H groups in total. The summed E-state index contributed by atoms with van der Waals surface area (Å²) in [7, 11) is 4.15. The van der Waals surface area contributed by atoms with Crippen molar-refractivity contribution in [1.29, 1.82) is 0 Å². The smallest absolute Gasteiger partial charge is 0.336 e. The van der Waals surface area contributed by atoms with Crippen LogP contribution in [0.1, 0.15) is 54.5 Å². The van der Waals surface area contributed by atoms with Gasteiger partial charge in [0.1, 0.15) is 5.82 Å². The number of aryl methyl sites for hydroxylation is 1. The average molecular weight is 614 g/mol. The van der Waals surface area contributed by atoms with Crippen LogP contribution in [0.2, 0.25) is 0 Å². The highest BCUT2D eigenvalue weighted by Crippen LogP contribution is 2.52. The van der Waals surface area contributed by atoms with Gasteiger partial charge in [0.2, 0.25) is 0 Å². The van der Waals surface area contributed by atoms with Crippen molar-refractivity contribution in [1.82, 2.24) is 15.2 Å². The molecule has 0 saturated heterocycles. The minimum Gasteiger partial charge on any atom is -0.481 e. The highest BCUT2D eigenvalue weighted by Gasteiger charge is 2.52. The van der Waals surface area contributed by atoms with E-state index in [0.717, 1.165) is 54.4 Å². The summed E-state index contributed by atoms with van der Waals surface area (Å²) in [6.45, 7) is 3.79. The summed E-state index contributed by atoms with van der Waals surface area (Å²) >= 11 is 0.